The number of sulfonamides is 1. The van der Waals surface area contributed by atoms with Gasteiger partial charge in [-0.3, -0.25) is 9.71 Å². The fraction of sp³-hybridized carbons (Fsp3) is 0.118. The normalized spacial score (nSPS) is 11.6. The third-order valence-electron chi connectivity index (χ3n) is 3.33. The topological polar surface area (TPSA) is 114 Å². The highest BCUT2D eigenvalue weighted by molar-refractivity contribution is 7.93. The van der Waals surface area contributed by atoms with E-state index in [2.05, 4.69) is 19.9 Å². The fourth-order valence-corrected chi connectivity index (χ4v) is 3.94. The molecule has 2 N–H and O–H groups in total. The number of benzene rings is 2. The molecular weight excluding hydrogens is 388 g/mol. The Kier molecular flexibility index (Phi) is 5.67. The van der Waals surface area contributed by atoms with Crippen molar-refractivity contribution in [2.75, 3.05) is 11.3 Å². The molecule has 0 amide bonds. The molecule has 0 unspecified atom stereocenters. The number of para-hydroxylation sites is 1. The monoisotopic (exact) mass is 404 g/mol. The van der Waals surface area contributed by atoms with E-state index in [9.17, 15) is 13.5 Å². The van der Waals surface area contributed by atoms with E-state index in [4.69, 9.17) is 4.74 Å². The second-order valence-electron chi connectivity index (χ2n) is 5.22. The number of aromatic hydroxyl groups is 1. The highest BCUT2D eigenvalue weighted by Gasteiger charge is 2.17. The largest absolute Gasteiger partial charge is 0.507 e. The molecule has 0 aliphatic carbocycles. The minimum atomic E-state index is -3.80. The number of rotatable bonds is 7. The molecule has 27 heavy (non-hydrogen) atoms. The van der Waals surface area contributed by atoms with Gasteiger partial charge in [0, 0.05) is 11.8 Å². The molecule has 140 valence electrons. The van der Waals surface area contributed by atoms with Gasteiger partial charge in [-0.1, -0.05) is 17.2 Å². The van der Waals surface area contributed by atoms with Gasteiger partial charge in [-0.25, -0.2) is 8.42 Å². The van der Waals surface area contributed by atoms with Crippen molar-refractivity contribution in [3.05, 3.63) is 54.1 Å². The lowest BCUT2D eigenvalue weighted by atomic mass is 10.2. The second-order valence-corrected chi connectivity index (χ2v) is 7.85. The molecule has 3 aromatic rings. The van der Waals surface area contributed by atoms with Gasteiger partial charge in [0.15, 0.2) is 0 Å². The van der Waals surface area contributed by atoms with Gasteiger partial charge in [-0.2, -0.15) is 0 Å². The molecule has 0 aliphatic rings. The second kappa shape index (κ2) is 8.14. The lowest BCUT2D eigenvalue weighted by Gasteiger charge is -2.04. The van der Waals surface area contributed by atoms with Crippen LogP contribution in [-0.2, 0) is 10.0 Å². The average molecular weight is 404 g/mol. The Morgan fingerprint density at radius 3 is 2.63 bits per heavy atom. The van der Waals surface area contributed by atoms with Gasteiger partial charge in [-0.05, 0) is 54.7 Å². The Labute approximate surface area is 160 Å². The van der Waals surface area contributed by atoms with Gasteiger partial charge in [0.2, 0.25) is 5.13 Å². The number of nitrogens with zero attached hydrogens (tertiary/aromatic N) is 3. The number of hydrogen-bond donors (Lipinski definition) is 2. The summed E-state index contributed by atoms with van der Waals surface area (Å²) in [6.45, 7) is 2.22. The predicted octanol–water partition coefficient (Wildman–Crippen LogP) is 3.19. The summed E-state index contributed by atoms with van der Waals surface area (Å²) >= 11 is 1.01. The molecule has 1 heterocycles. The van der Waals surface area contributed by atoms with Crippen LogP contribution in [0.2, 0.25) is 0 Å². The molecule has 8 nitrogen and oxygen atoms in total. The minimum absolute atomic E-state index is 0.0668. The highest BCUT2D eigenvalue weighted by Crippen LogP contribution is 2.25. The molecule has 1 aromatic heterocycles. The van der Waals surface area contributed by atoms with Crippen molar-refractivity contribution in [2.24, 2.45) is 4.99 Å². The molecule has 0 fully saturated rings. The Balaban J connectivity index is 1.72. The molecule has 10 heteroatoms. The molecule has 0 atom stereocenters. The van der Waals surface area contributed by atoms with Crippen molar-refractivity contribution in [1.29, 1.82) is 0 Å². The van der Waals surface area contributed by atoms with Gasteiger partial charge >= 0.3 is 0 Å². The number of anilines is 1. The summed E-state index contributed by atoms with van der Waals surface area (Å²) in [5.41, 5.74) is 1.11. The van der Waals surface area contributed by atoms with Crippen LogP contribution >= 0.6 is 11.3 Å². The van der Waals surface area contributed by atoms with E-state index in [-0.39, 0.29) is 15.8 Å². The third-order valence-corrected chi connectivity index (χ3v) is 5.57. The molecule has 0 spiro atoms. The standard InChI is InChI=1S/C17H16N4O4S2/c1-2-25-17-20-19-16(26-17)21-27(23,24)14-9-7-13(8-10-14)18-11-12-5-3-4-6-15(12)22/h3-11,22H,2H2,1H3,(H,19,21)/b18-11+. The lowest BCUT2D eigenvalue weighted by molar-refractivity contribution is 0.335. The Bertz CT molecular complexity index is 1050. The Morgan fingerprint density at radius 1 is 1.19 bits per heavy atom. The maximum absolute atomic E-state index is 12.4. The van der Waals surface area contributed by atoms with Gasteiger partial charge in [0.05, 0.1) is 17.2 Å². The summed E-state index contributed by atoms with van der Waals surface area (Å²) in [5, 5.41) is 17.6. The summed E-state index contributed by atoms with van der Waals surface area (Å²) in [7, 11) is -3.80. The van der Waals surface area contributed by atoms with Crippen LogP contribution < -0.4 is 9.46 Å². The van der Waals surface area contributed by atoms with Crippen molar-refractivity contribution >= 4 is 38.4 Å². The molecule has 0 saturated carbocycles. The van der Waals surface area contributed by atoms with E-state index < -0.39 is 10.0 Å². The fourth-order valence-electron chi connectivity index (χ4n) is 2.06. The van der Waals surface area contributed by atoms with Crippen LogP contribution in [0.5, 0.6) is 10.9 Å². The third kappa shape index (κ3) is 4.80. The van der Waals surface area contributed by atoms with Crippen LogP contribution in [0.3, 0.4) is 0 Å². The predicted molar refractivity (Wildman–Crippen MR) is 104 cm³/mol. The van der Waals surface area contributed by atoms with Crippen LogP contribution in [-0.4, -0.2) is 36.5 Å². The quantitative estimate of drug-likeness (QED) is 0.585. The summed E-state index contributed by atoms with van der Waals surface area (Å²) < 4.78 is 32.4. The van der Waals surface area contributed by atoms with Crippen molar-refractivity contribution in [3.63, 3.8) is 0 Å². The maximum Gasteiger partial charge on any atom is 0.295 e. The zero-order valence-corrected chi connectivity index (χ0v) is 15.9. The van der Waals surface area contributed by atoms with E-state index in [0.29, 0.717) is 23.1 Å². The maximum atomic E-state index is 12.4. The SMILES string of the molecule is CCOc1nnc(NS(=O)(=O)c2ccc(/N=C/c3ccccc3O)cc2)s1. The zero-order valence-electron chi connectivity index (χ0n) is 14.2. The Morgan fingerprint density at radius 2 is 1.93 bits per heavy atom. The first-order valence-corrected chi connectivity index (χ1v) is 10.2. The number of aliphatic imine (C=N–C) groups is 1. The summed E-state index contributed by atoms with van der Waals surface area (Å²) in [6, 6.07) is 12.8. The van der Waals surface area contributed by atoms with E-state index in [1.54, 1.807) is 43.3 Å². The number of ether oxygens (including phenoxy) is 1. The van der Waals surface area contributed by atoms with Crippen molar-refractivity contribution < 1.29 is 18.3 Å². The molecule has 3 rings (SSSR count). The van der Waals surface area contributed by atoms with E-state index in [1.807, 2.05) is 0 Å². The number of phenols is 1. The lowest BCUT2D eigenvalue weighted by Crippen LogP contribution is -2.12. The number of hydrogen-bond acceptors (Lipinski definition) is 8. The van der Waals surface area contributed by atoms with Crippen molar-refractivity contribution in [3.8, 4) is 10.9 Å². The van der Waals surface area contributed by atoms with Crippen molar-refractivity contribution in [2.45, 2.75) is 11.8 Å². The van der Waals surface area contributed by atoms with Gasteiger partial charge in [0.25, 0.3) is 15.2 Å². The Hall–Kier alpha value is -2.98. The van der Waals surface area contributed by atoms with Crippen LogP contribution in [0.25, 0.3) is 0 Å². The summed E-state index contributed by atoms with van der Waals surface area (Å²) in [6.07, 6.45) is 1.51. The van der Waals surface area contributed by atoms with Crippen LogP contribution in [0.15, 0.2) is 58.4 Å². The van der Waals surface area contributed by atoms with E-state index in [1.165, 1.54) is 18.3 Å². The minimum Gasteiger partial charge on any atom is -0.507 e. The molecule has 0 aliphatic heterocycles. The van der Waals surface area contributed by atoms with Crippen LogP contribution in [0.1, 0.15) is 12.5 Å². The molecule has 0 radical (unpaired) electrons. The first-order chi connectivity index (χ1) is 13.0. The number of nitrogens with one attached hydrogen (secondary N) is 1. The summed E-state index contributed by atoms with van der Waals surface area (Å²) in [4.78, 5) is 4.30. The van der Waals surface area contributed by atoms with Gasteiger partial charge < -0.3 is 9.84 Å². The van der Waals surface area contributed by atoms with Crippen LogP contribution in [0.4, 0.5) is 10.8 Å². The zero-order chi connectivity index (χ0) is 19.3. The van der Waals surface area contributed by atoms with E-state index in [0.717, 1.165) is 11.3 Å². The van der Waals surface area contributed by atoms with Crippen molar-refractivity contribution in [1.82, 2.24) is 10.2 Å². The summed E-state index contributed by atoms with van der Waals surface area (Å²) in [5.74, 6) is 0.119. The first-order valence-electron chi connectivity index (χ1n) is 7.89. The molecule has 0 bridgehead atoms. The van der Waals surface area contributed by atoms with Gasteiger partial charge in [-0.15, -0.1) is 5.10 Å². The van der Waals surface area contributed by atoms with E-state index >= 15 is 0 Å². The molecular formula is C17H16N4O4S2. The van der Waals surface area contributed by atoms with Crippen LogP contribution in [0, 0.1) is 0 Å². The smallest absolute Gasteiger partial charge is 0.295 e. The number of phenolic OH excluding ortho intramolecular Hbond substituents is 1. The average Bonchev–Trinajstić information content (AvgIpc) is 3.08. The highest BCUT2D eigenvalue weighted by atomic mass is 32.2. The van der Waals surface area contributed by atoms with Gasteiger partial charge in [0.1, 0.15) is 5.75 Å². The molecule has 2 aromatic carbocycles. The first kappa shape index (κ1) is 18.8. The molecule has 0 saturated heterocycles. The number of aromatic nitrogens is 2.